The number of nitrogens with zero attached hydrogens (tertiary/aromatic N) is 1. The van der Waals surface area contributed by atoms with Crippen LogP contribution in [-0.4, -0.2) is 48.3 Å². The van der Waals surface area contributed by atoms with Crippen LogP contribution in [0, 0.1) is 0 Å². The maximum Gasteiger partial charge on any atom is 0.321 e. The lowest BCUT2D eigenvalue weighted by molar-refractivity contribution is -0.136. The Morgan fingerprint density at radius 1 is 1.33 bits per heavy atom. The van der Waals surface area contributed by atoms with E-state index in [1.54, 1.807) is 31.3 Å². The molecule has 0 heterocycles. The van der Waals surface area contributed by atoms with Gasteiger partial charge in [0.05, 0.1) is 19.1 Å². The van der Waals surface area contributed by atoms with Crippen LogP contribution in [0.1, 0.15) is 19.4 Å². The molecular weight excluding hydrogens is 272 g/mol. The number of amides is 2. The van der Waals surface area contributed by atoms with Crippen molar-refractivity contribution in [2.45, 2.75) is 26.4 Å². The highest BCUT2D eigenvalue weighted by Gasteiger charge is 2.12. The predicted octanol–water partition coefficient (Wildman–Crippen LogP) is 2.20. The molecule has 0 aromatic heterocycles. The molecule has 0 aliphatic carbocycles. The Kier molecular flexibility index (Phi) is 6.68. The molecule has 6 nitrogen and oxygen atoms in total. The first-order valence-corrected chi connectivity index (χ1v) is 6.83. The van der Waals surface area contributed by atoms with Gasteiger partial charge in [-0.1, -0.05) is 18.2 Å². The Balaban J connectivity index is 2.59. The summed E-state index contributed by atoms with van der Waals surface area (Å²) < 4.78 is 5.39. The number of urea groups is 1. The number of hydrogen-bond acceptors (Lipinski definition) is 3. The van der Waals surface area contributed by atoms with Gasteiger partial charge in [0.2, 0.25) is 0 Å². The molecule has 1 aromatic rings. The minimum atomic E-state index is -0.935. The first kappa shape index (κ1) is 17.0. The van der Waals surface area contributed by atoms with Gasteiger partial charge >= 0.3 is 12.0 Å². The number of hydrogen-bond donors (Lipinski definition) is 2. The molecule has 0 atom stereocenters. The standard InChI is InChI=1S/C15H22N2O4/c1-11(2)21-9-8-17(3)15(20)16-13-7-5-4-6-12(13)10-14(18)19/h4-7,11H,8-10H2,1-3H3,(H,16,20)(H,18,19). The van der Waals surface area contributed by atoms with E-state index >= 15 is 0 Å². The second-order valence-electron chi connectivity index (χ2n) is 5.00. The molecule has 0 radical (unpaired) electrons. The van der Waals surface area contributed by atoms with Crippen molar-refractivity contribution in [1.82, 2.24) is 4.90 Å². The number of carboxylic acid groups (broad SMARTS) is 1. The number of anilines is 1. The molecule has 6 heteroatoms. The van der Waals surface area contributed by atoms with Crippen molar-refractivity contribution in [1.29, 1.82) is 0 Å². The van der Waals surface area contributed by atoms with Crippen LogP contribution >= 0.6 is 0 Å². The molecule has 0 saturated carbocycles. The van der Waals surface area contributed by atoms with Crippen molar-refractivity contribution >= 4 is 17.7 Å². The van der Waals surface area contributed by atoms with Gasteiger partial charge in [0.25, 0.3) is 0 Å². The first-order valence-electron chi connectivity index (χ1n) is 6.83. The van der Waals surface area contributed by atoms with Crippen LogP contribution in [0.4, 0.5) is 10.5 Å². The van der Waals surface area contributed by atoms with E-state index in [0.29, 0.717) is 24.4 Å². The molecule has 2 amide bonds. The maximum atomic E-state index is 12.0. The molecule has 0 unspecified atom stereocenters. The zero-order valence-corrected chi connectivity index (χ0v) is 12.6. The highest BCUT2D eigenvalue weighted by molar-refractivity contribution is 5.90. The summed E-state index contributed by atoms with van der Waals surface area (Å²) in [5.74, 6) is -0.935. The van der Waals surface area contributed by atoms with Gasteiger partial charge in [0.15, 0.2) is 0 Å². The van der Waals surface area contributed by atoms with Gasteiger partial charge in [-0.05, 0) is 25.5 Å². The molecular formula is C15H22N2O4. The Hall–Kier alpha value is -2.08. The number of benzene rings is 1. The van der Waals surface area contributed by atoms with E-state index in [-0.39, 0.29) is 18.6 Å². The number of ether oxygens (including phenoxy) is 1. The van der Waals surface area contributed by atoms with Gasteiger partial charge < -0.3 is 20.1 Å². The van der Waals surface area contributed by atoms with E-state index in [1.807, 2.05) is 13.8 Å². The number of aliphatic carboxylic acids is 1. The number of likely N-dealkylation sites (N-methyl/N-ethyl adjacent to an activating group) is 1. The fraction of sp³-hybridized carbons (Fsp3) is 0.467. The van der Waals surface area contributed by atoms with Gasteiger partial charge in [-0.3, -0.25) is 4.79 Å². The van der Waals surface area contributed by atoms with Crippen LogP contribution in [-0.2, 0) is 16.0 Å². The third-order valence-electron chi connectivity index (χ3n) is 2.83. The van der Waals surface area contributed by atoms with Crippen LogP contribution in [0.2, 0.25) is 0 Å². The Morgan fingerprint density at radius 2 is 2.00 bits per heavy atom. The summed E-state index contributed by atoms with van der Waals surface area (Å²) in [5.41, 5.74) is 1.09. The Morgan fingerprint density at radius 3 is 2.62 bits per heavy atom. The number of carbonyl (C=O) groups is 2. The zero-order chi connectivity index (χ0) is 15.8. The lowest BCUT2D eigenvalue weighted by Gasteiger charge is -2.19. The van der Waals surface area contributed by atoms with Crippen LogP contribution in [0.25, 0.3) is 0 Å². The number of para-hydroxylation sites is 1. The minimum Gasteiger partial charge on any atom is -0.481 e. The third kappa shape index (κ3) is 6.27. The molecule has 1 aromatic carbocycles. The molecule has 0 fully saturated rings. The van der Waals surface area contributed by atoms with Gasteiger partial charge in [-0.25, -0.2) is 4.79 Å². The number of nitrogens with one attached hydrogen (secondary N) is 1. The van der Waals surface area contributed by atoms with Crippen LogP contribution in [0.3, 0.4) is 0 Å². The molecule has 0 saturated heterocycles. The Labute approximate surface area is 124 Å². The summed E-state index contributed by atoms with van der Waals surface area (Å²) in [6.45, 7) is 4.79. The quantitative estimate of drug-likeness (QED) is 0.808. The van der Waals surface area contributed by atoms with E-state index in [9.17, 15) is 9.59 Å². The van der Waals surface area contributed by atoms with Crippen LogP contribution in [0.15, 0.2) is 24.3 Å². The molecule has 1 rings (SSSR count). The van der Waals surface area contributed by atoms with E-state index in [4.69, 9.17) is 9.84 Å². The highest BCUT2D eigenvalue weighted by atomic mass is 16.5. The molecule has 0 aliphatic rings. The fourth-order valence-electron chi connectivity index (χ4n) is 1.70. The average Bonchev–Trinajstić information content (AvgIpc) is 2.39. The molecule has 21 heavy (non-hydrogen) atoms. The monoisotopic (exact) mass is 294 g/mol. The second-order valence-corrected chi connectivity index (χ2v) is 5.00. The van der Waals surface area contributed by atoms with Crippen molar-refractivity contribution < 1.29 is 19.4 Å². The molecule has 0 spiro atoms. The molecule has 0 bridgehead atoms. The second kappa shape index (κ2) is 8.26. The minimum absolute atomic E-state index is 0.123. The van der Waals surface area contributed by atoms with Gasteiger partial charge in [0.1, 0.15) is 0 Å². The first-order chi connectivity index (χ1) is 9.90. The van der Waals surface area contributed by atoms with E-state index in [1.165, 1.54) is 4.90 Å². The smallest absolute Gasteiger partial charge is 0.321 e. The van der Waals surface area contributed by atoms with Crippen molar-refractivity contribution in [3.8, 4) is 0 Å². The number of carboxylic acids is 1. The SMILES string of the molecule is CC(C)OCCN(C)C(=O)Nc1ccccc1CC(=O)O. The normalized spacial score (nSPS) is 10.5. The summed E-state index contributed by atoms with van der Waals surface area (Å²) in [5, 5.41) is 11.6. The lowest BCUT2D eigenvalue weighted by Crippen LogP contribution is -2.34. The van der Waals surface area contributed by atoms with Gasteiger partial charge in [0, 0.05) is 19.3 Å². The summed E-state index contributed by atoms with van der Waals surface area (Å²) in [6, 6.07) is 6.58. The summed E-state index contributed by atoms with van der Waals surface area (Å²) in [4.78, 5) is 24.3. The van der Waals surface area contributed by atoms with Gasteiger partial charge in [-0.2, -0.15) is 0 Å². The maximum absolute atomic E-state index is 12.0. The predicted molar refractivity (Wildman–Crippen MR) is 80.5 cm³/mol. The Bertz CT molecular complexity index is 488. The van der Waals surface area contributed by atoms with E-state index in [2.05, 4.69) is 5.32 Å². The lowest BCUT2D eigenvalue weighted by atomic mass is 10.1. The summed E-state index contributed by atoms with van der Waals surface area (Å²) >= 11 is 0. The topological polar surface area (TPSA) is 78.9 Å². The van der Waals surface area contributed by atoms with Crippen molar-refractivity contribution in [3.05, 3.63) is 29.8 Å². The van der Waals surface area contributed by atoms with E-state index < -0.39 is 5.97 Å². The number of carbonyl (C=O) groups excluding carboxylic acids is 1. The fourth-order valence-corrected chi connectivity index (χ4v) is 1.70. The molecule has 2 N–H and O–H groups in total. The largest absolute Gasteiger partial charge is 0.481 e. The number of rotatable bonds is 7. The molecule has 116 valence electrons. The van der Waals surface area contributed by atoms with Crippen LogP contribution in [0.5, 0.6) is 0 Å². The summed E-state index contributed by atoms with van der Waals surface area (Å²) in [7, 11) is 1.67. The zero-order valence-electron chi connectivity index (χ0n) is 12.6. The van der Waals surface area contributed by atoms with Crippen molar-refractivity contribution in [2.24, 2.45) is 0 Å². The average molecular weight is 294 g/mol. The van der Waals surface area contributed by atoms with Gasteiger partial charge in [-0.15, -0.1) is 0 Å². The third-order valence-corrected chi connectivity index (χ3v) is 2.83. The summed E-state index contributed by atoms with van der Waals surface area (Å²) in [6.07, 6.45) is -0.00542. The van der Waals surface area contributed by atoms with Crippen molar-refractivity contribution in [3.63, 3.8) is 0 Å². The van der Waals surface area contributed by atoms with Crippen molar-refractivity contribution in [2.75, 3.05) is 25.5 Å². The van der Waals surface area contributed by atoms with Crippen LogP contribution < -0.4 is 5.32 Å². The van der Waals surface area contributed by atoms with E-state index in [0.717, 1.165) is 0 Å². The highest BCUT2D eigenvalue weighted by Crippen LogP contribution is 2.16. The molecule has 0 aliphatic heterocycles.